The summed E-state index contributed by atoms with van der Waals surface area (Å²) in [5, 5.41) is 5.28. The Hall–Kier alpha value is -1.56. The van der Waals surface area contributed by atoms with Gasteiger partial charge in [0.15, 0.2) is 0 Å². The van der Waals surface area contributed by atoms with Gasteiger partial charge in [-0.25, -0.2) is 0 Å². The minimum atomic E-state index is -0.0434. The summed E-state index contributed by atoms with van der Waals surface area (Å²) in [6, 6.07) is 12.6. The third-order valence-corrected chi connectivity index (χ3v) is 4.13. The van der Waals surface area contributed by atoms with Crippen LogP contribution in [0, 0.1) is 3.57 Å². The molecule has 2 aromatic carbocycles. The van der Waals surface area contributed by atoms with Gasteiger partial charge in [0.1, 0.15) is 0 Å². The maximum absolute atomic E-state index is 11.2. The summed E-state index contributed by atoms with van der Waals surface area (Å²) >= 11 is 2.33. The zero-order valence-corrected chi connectivity index (χ0v) is 13.6. The molecule has 1 N–H and O–H groups in total. The second kappa shape index (κ2) is 5.09. The first-order valence-electron chi connectivity index (χ1n) is 6.59. The fourth-order valence-electron chi connectivity index (χ4n) is 2.70. The molecule has 0 saturated carbocycles. The fraction of sp³-hybridized carbons (Fsp3) is 0.188. The van der Waals surface area contributed by atoms with Crippen LogP contribution in [-0.4, -0.2) is 10.5 Å². The molecule has 0 aliphatic rings. The topological polar surface area (TPSA) is 34.0 Å². The van der Waals surface area contributed by atoms with Crippen LogP contribution >= 0.6 is 22.6 Å². The largest absolute Gasteiger partial charge is 0.341 e. The Morgan fingerprint density at radius 2 is 1.80 bits per heavy atom. The van der Waals surface area contributed by atoms with E-state index < -0.39 is 0 Å². The first-order chi connectivity index (χ1) is 9.60. The van der Waals surface area contributed by atoms with E-state index in [1.807, 2.05) is 6.07 Å². The molecular formula is C16H15IN2O. The molecular weight excluding hydrogens is 363 g/mol. The molecule has 1 heterocycles. The van der Waals surface area contributed by atoms with Crippen LogP contribution in [-0.2, 0) is 11.3 Å². The lowest BCUT2D eigenvalue weighted by Gasteiger charge is -2.04. The maximum atomic E-state index is 11.2. The average molecular weight is 378 g/mol. The van der Waals surface area contributed by atoms with Gasteiger partial charge in [-0.3, -0.25) is 4.79 Å². The third kappa shape index (κ3) is 2.18. The van der Waals surface area contributed by atoms with Gasteiger partial charge < -0.3 is 9.88 Å². The molecule has 0 aliphatic heterocycles. The van der Waals surface area contributed by atoms with Gasteiger partial charge in [0.25, 0.3) is 0 Å². The molecule has 3 aromatic rings. The highest BCUT2D eigenvalue weighted by molar-refractivity contribution is 14.1. The van der Waals surface area contributed by atoms with Crippen molar-refractivity contribution in [2.45, 2.75) is 20.4 Å². The first-order valence-corrected chi connectivity index (χ1v) is 7.67. The van der Waals surface area contributed by atoms with Crippen LogP contribution in [0.15, 0.2) is 36.4 Å². The Morgan fingerprint density at radius 3 is 2.45 bits per heavy atom. The Labute approximate surface area is 131 Å². The van der Waals surface area contributed by atoms with Gasteiger partial charge >= 0.3 is 0 Å². The van der Waals surface area contributed by atoms with Gasteiger partial charge in [0.2, 0.25) is 5.91 Å². The van der Waals surface area contributed by atoms with Gasteiger partial charge in [-0.05, 0) is 65.9 Å². The van der Waals surface area contributed by atoms with E-state index in [2.05, 4.69) is 69.7 Å². The normalized spacial score (nSPS) is 11.2. The molecule has 0 fully saturated rings. The molecule has 102 valence electrons. The summed E-state index contributed by atoms with van der Waals surface area (Å²) in [6.45, 7) is 4.61. The molecule has 0 atom stereocenters. The van der Waals surface area contributed by atoms with Crippen molar-refractivity contribution in [2.24, 2.45) is 0 Å². The van der Waals surface area contributed by atoms with Crippen LogP contribution in [0.2, 0.25) is 0 Å². The molecule has 3 nitrogen and oxygen atoms in total. The summed E-state index contributed by atoms with van der Waals surface area (Å²) in [5.74, 6) is -0.0434. The van der Waals surface area contributed by atoms with Gasteiger partial charge in [0, 0.05) is 44.5 Å². The lowest BCUT2D eigenvalue weighted by atomic mass is 10.1. The van der Waals surface area contributed by atoms with Crippen LogP contribution < -0.4 is 5.32 Å². The number of amides is 1. The van der Waals surface area contributed by atoms with Crippen LogP contribution in [0.1, 0.15) is 13.8 Å². The highest BCUT2D eigenvalue weighted by Gasteiger charge is 2.10. The molecule has 0 unspecified atom stereocenters. The van der Waals surface area contributed by atoms with Crippen molar-refractivity contribution >= 4 is 56.0 Å². The molecule has 20 heavy (non-hydrogen) atoms. The summed E-state index contributed by atoms with van der Waals surface area (Å²) < 4.78 is 3.52. The number of nitrogens with one attached hydrogen (secondary N) is 1. The van der Waals surface area contributed by atoms with Crippen molar-refractivity contribution in [1.82, 2.24) is 4.57 Å². The van der Waals surface area contributed by atoms with E-state index in [-0.39, 0.29) is 5.91 Å². The Balaban J connectivity index is 2.35. The minimum Gasteiger partial charge on any atom is -0.341 e. The quantitative estimate of drug-likeness (QED) is 0.660. The predicted octanol–water partition coefficient (Wildman–Crippen LogP) is 4.38. The number of hydrogen-bond donors (Lipinski definition) is 1. The van der Waals surface area contributed by atoms with Gasteiger partial charge in [-0.15, -0.1) is 0 Å². The number of halogens is 1. The molecule has 3 rings (SSSR count). The van der Waals surface area contributed by atoms with Gasteiger partial charge in [0.05, 0.1) is 0 Å². The second-order valence-corrected chi connectivity index (χ2v) is 6.06. The number of nitrogens with zero attached hydrogens (tertiary/aromatic N) is 1. The van der Waals surface area contributed by atoms with E-state index in [0.717, 1.165) is 12.2 Å². The van der Waals surface area contributed by atoms with Crippen LogP contribution in [0.5, 0.6) is 0 Å². The molecule has 0 saturated heterocycles. The maximum Gasteiger partial charge on any atom is 0.221 e. The predicted molar refractivity (Wildman–Crippen MR) is 92.1 cm³/mol. The summed E-state index contributed by atoms with van der Waals surface area (Å²) in [5.41, 5.74) is 3.29. The highest BCUT2D eigenvalue weighted by Crippen LogP contribution is 2.32. The van der Waals surface area contributed by atoms with Crippen molar-refractivity contribution in [3.8, 4) is 0 Å². The smallest absolute Gasteiger partial charge is 0.221 e. The highest BCUT2D eigenvalue weighted by atomic mass is 127. The Kier molecular flexibility index (Phi) is 3.41. The first kappa shape index (κ1) is 13.4. The molecule has 1 amide bonds. The molecule has 4 heteroatoms. The van der Waals surface area contributed by atoms with Crippen molar-refractivity contribution in [3.63, 3.8) is 0 Å². The standard InChI is InChI=1S/C16H15IN2O/c1-3-19-15-6-4-11(17)8-13(15)14-9-12(18-10(2)20)5-7-16(14)19/h4-9H,3H2,1-2H3,(H,18,20). The number of carbonyl (C=O) groups is 1. The third-order valence-electron chi connectivity index (χ3n) is 3.46. The summed E-state index contributed by atoms with van der Waals surface area (Å²) in [6.07, 6.45) is 0. The monoisotopic (exact) mass is 378 g/mol. The van der Waals surface area contributed by atoms with Crippen LogP contribution in [0.4, 0.5) is 5.69 Å². The minimum absolute atomic E-state index is 0.0434. The van der Waals surface area contributed by atoms with E-state index in [9.17, 15) is 4.79 Å². The zero-order valence-electron chi connectivity index (χ0n) is 11.4. The molecule has 0 spiro atoms. The Morgan fingerprint density at radius 1 is 1.15 bits per heavy atom. The van der Waals surface area contributed by atoms with Crippen molar-refractivity contribution in [3.05, 3.63) is 40.0 Å². The van der Waals surface area contributed by atoms with Crippen molar-refractivity contribution < 1.29 is 4.79 Å². The number of hydrogen-bond acceptors (Lipinski definition) is 1. The molecule has 0 bridgehead atoms. The van der Waals surface area contributed by atoms with E-state index in [0.29, 0.717) is 0 Å². The number of anilines is 1. The van der Waals surface area contributed by atoms with Crippen molar-refractivity contribution in [2.75, 3.05) is 5.32 Å². The van der Waals surface area contributed by atoms with E-state index in [4.69, 9.17) is 0 Å². The van der Waals surface area contributed by atoms with Crippen molar-refractivity contribution in [1.29, 1.82) is 0 Å². The SMILES string of the molecule is CCn1c2ccc(I)cc2c2cc(NC(C)=O)ccc21. The second-order valence-electron chi connectivity index (χ2n) is 4.82. The summed E-state index contributed by atoms with van der Waals surface area (Å²) in [7, 11) is 0. The Bertz CT molecular complexity index is 820. The molecule has 0 aliphatic carbocycles. The number of aromatic nitrogens is 1. The average Bonchev–Trinajstić information content (AvgIpc) is 2.71. The summed E-state index contributed by atoms with van der Waals surface area (Å²) in [4.78, 5) is 11.2. The van der Waals surface area contributed by atoms with Crippen LogP contribution in [0.25, 0.3) is 21.8 Å². The lowest BCUT2D eigenvalue weighted by molar-refractivity contribution is -0.114. The fourth-order valence-corrected chi connectivity index (χ4v) is 3.19. The zero-order chi connectivity index (χ0) is 14.3. The number of aryl methyl sites for hydroxylation is 1. The number of benzene rings is 2. The van der Waals surface area contributed by atoms with E-state index >= 15 is 0 Å². The number of fused-ring (bicyclic) bond motifs is 3. The molecule has 1 aromatic heterocycles. The lowest BCUT2D eigenvalue weighted by Crippen LogP contribution is -2.05. The van der Waals surface area contributed by atoms with Gasteiger partial charge in [-0.2, -0.15) is 0 Å². The van der Waals surface area contributed by atoms with E-state index in [1.165, 1.54) is 32.3 Å². The number of rotatable bonds is 2. The van der Waals surface area contributed by atoms with E-state index in [1.54, 1.807) is 0 Å². The molecule has 0 radical (unpaired) electrons. The van der Waals surface area contributed by atoms with Crippen LogP contribution in [0.3, 0.4) is 0 Å². The number of carbonyl (C=O) groups excluding carboxylic acids is 1. The van der Waals surface area contributed by atoms with Gasteiger partial charge in [-0.1, -0.05) is 0 Å².